The lowest BCUT2D eigenvalue weighted by Crippen LogP contribution is -2.30. The molecule has 0 atom stereocenters. The molecule has 128 valence electrons. The molecule has 0 aliphatic heterocycles. The standard InChI is InChI=1S/C17H20N2O4S/c1-4-14-16(15(20)9-11(2)19-14)17(21)18-10-12-5-7-13(8-6-12)24(3,22)23/h5-9H,4,10H2,1-3H3,(H,18,21)(H,19,20). The van der Waals surface area contributed by atoms with E-state index in [2.05, 4.69) is 10.3 Å². The van der Waals surface area contributed by atoms with Crippen LogP contribution in [0.4, 0.5) is 0 Å². The maximum Gasteiger partial charge on any atom is 0.257 e. The van der Waals surface area contributed by atoms with Gasteiger partial charge in [-0.2, -0.15) is 0 Å². The number of sulfone groups is 1. The predicted molar refractivity (Wildman–Crippen MR) is 91.9 cm³/mol. The number of pyridine rings is 1. The van der Waals surface area contributed by atoms with E-state index in [4.69, 9.17) is 0 Å². The summed E-state index contributed by atoms with van der Waals surface area (Å²) >= 11 is 0. The first-order chi connectivity index (χ1) is 11.2. The highest BCUT2D eigenvalue weighted by Gasteiger charge is 2.15. The van der Waals surface area contributed by atoms with E-state index >= 15 is 0 Å². The van der Waals surface area contributed by atoms with Crippen LogP contribution in [0.3, 0.4) is 0 Å². The summed E-state index contributed by atoms with van der Waals surface area (Å²) in [6.45, 7) is 3.84. The molecule has 0 aliphatic carbocycles. The van der Waals surface area contributed by atoms with Gasteiger partial charge in [0, 0.05) is 30.3 Å². The summed E-state index contributed by atoms with van der Waals surface area (Å²) in [6, 6.07) is 7.66. The van der Waals surface area contributed by atoms with E-state index in [1.807, 2.05) is 6.92 Å². The number of amides is 1. The molecule has 6 nitrogen and oxygen atoms in total. The van der Waals surface area contributed by atoms with Crippen molar-refractivity contribution in [3.8, 4) is 0 Å². The van der Waals surface area contributed by atoms with Gasteiger partial charge < -0.3 is 10.3 Å². The number of aryl methyl sites for hydroxylation is 2. The fourth-order valence-electron chi connectivity index (χ4n) is 2.39. The van der Waals surface area contributed by atoms with Crippen molar-refractivity contribution in [2.45, 2.75) is 31.7 Å². The quantitative estimate of drug-likeness (QED) is 0.857. The second kappa shape index (κ2) is 7.00. The van der Waals surface area contributed by atoms with Crippen molar-refractivity contribution in [2.75, 3.05) is 6.26 Å². The first-order valence-corrected chi connectivity index (χ1v) is 9.41. The van der Waals surface area contributed by atoms with Crippen LogP contribution in [0.25, 0.3) is 0 Å². The van der Waals surface area contributed by atoms with Gasteiger partial charge in [-0.05, 0) is 31.0 Å². The van der Waals surface area contributed by atoms with Crippen molar-refractivity contribution in [2.24, 2.45) is 0 Å². The van der Waals surface area contributed by atoms with Gasteiger partial charge in [-0.25, -0.2) is 8.42 Å². The molecular formula is C17H20N2O4S. The Labute approximate surface area is 140 Å². The fraction of sp³-hybridized carbons (Fsp3) is 0.294. The number of hydrogen-bond acceptors (Lipinski definition) is 4. The monoisotopic (exact) mass is 348 g/mol. The highest BCUT2D eigenvalue weighted by molar-refractivity contribution is 7.90. The summed E-state index contributed by atoms with van der Waals surface area (Å²) in [5, 5.41) is 2.70. The largest absolute Gasteiger partial charge is 0.362 e. The number of rotatable bonds is 5. The lowest BCUT2D eigenvalue weighted by molar-refractivity contribution is 0.0948. The van der Waals surface area contributed by atoms with Crippen LogP contribution in [0.15, 0.2) is 40.0 Å². The molecule has 1 amide bonds. The SMILES string of the molecule is CCc1[nH]c(C)cc(=O)c1C(=O)NCc1ccc(S(C)(=O)=O)cc1. The second-order valence-electron chi connectivity index (χ2n) is 5.62. The molecule has 2 rings (SSSR count). The van der Waals surface area contributed by atoms with Gasteiger partial charge in [-0.15, -0.1) is 0 Å². The summed E-state index contributed by atoms with van der Waals surface area (Å²) in [5.41, 5.74) is 1.87. The summed E-state index contributed by atoms with van der Waals surface area (Å²) in [4.78, 5) is 27.7. The molecule has 0 radical (unpaired) electrons. The zero-order valence-electron chi connectivity index (χ0n) is 13.8. The molecule has 0 unspecified atom stereocenters. The minimum atomic E-state index is -3.25. The van der Waals surface area contributed by atoms with E-state index in [1.165, 1.54) is 18.2 Å². The van der Waals surface area contributed by atoms with Crippen LogP contribution < -0.4 is 10.7 Å². The molecule has 2 aromatic rings. The molecule has 0 saturated heterocycles. The number of aromatic nitrogens is 1. The Hall–Kier alpha value is -2.41. The van der Waals surface area contributed by atoms with Crippen LogP contribution in [0.2, 0.25) is 0 Å². The van der Waals surface area contributed by atoms with Gasteiger partial charge in [0.1, 0.15) is 5.56 Å². The molecule has 0 fully saturated rings. The molecule has 1 aromatic heterocycles. The van der Waals surface area contributed by atoms with E-state index in [0.29, 0.717) is 17.8 Å². The first kappa shape index (κ1) is 17.9. The molecule has 1 aromatic carbocycles. The van der Waals surface area contributed by atoms with Gasteiger partial charge >= 0.3 is 0 Å². The Bertz CT molecular complexity index is 913. The Morgan fingerprint density at radius 2 is 1.83 bits per heavy atom. The molecule has 2 N–H and O–H groups in total. The Morgan fingerprint density at radius 3 is 2.38 bits per heavy atom. The Kier molecular flexibility index (Phi) is 5.23. The third-order valence-electron chi connectivity index (χ3n) is 3.63. The fourth-order valence-corrected chi connectivity index (χ4v) is 3.02. The van der Waals surface area contributed by atoms with Gasteiger partial charge in [0.05, 0.1) is 4.90 Å². The number of nitrogens with one attached hydrogen (secondary N) is 2. The smallest absolute Gasteiger partial charge is 0.257 e. The third-order valence-corrected chi connectivity index (χ3v) is 4.76. The van der Waals surface area contributed by atoms with E-state index in [1.54, 1.807) is 19.1 Å². The van der Waals surface area contributed by atoms with Gasteiger partial charge in [0.2, 0.25) is 0 Å². The number of carbonyl (C=O) groups is 1. The molecule has 7 heteroatoms. The molecule has 0 spiro atoms. The van der Waals surface area contributed by atoms with E-state index < -0.39 is 15.7 Å². The van der Waals surface area contributed by atoms with Gasteiger partial charge in [-0.1, -0.05) is 19.1 Å². The van der Waals surface area contributed by atoms with Crippen molar-refractivity contribution < 1.29 is 13.2 Å². The minimum absolute atomic E-state index is 0.121. The van der Waals surface area contributed by atoms with E-state index in [-0.39, 0.29) is 22.4 Å². The maximum absolute atomic E-state index is 12.3. The van der Waals surface area contributed by atoms with Crippen LogP contribution in [0.5, 0.6) is 0 Å². The summed E-state index contributed by atoms with van der Waals surface area (Å²) < 4.78 is 22.8. The number of H-pyrrole nitrogens is 1. The average molecular weight is 348 g/mol. The number of aromatic amines is 1. The van der Waals surface area contributed by atoms with Gasteiger partial charge in [-0.3, -0.25) is 9.59 Å². The first-order valence-electron chi connectivity index (χ1n) is 7.52. The van der Waals surface area contributed by atoms with Crippen LogP contribution in [0.1, 0.15) is 34.2 Å². The summed E-state index contributed by atoms with van der Waals surface area (Å²) in [6.07, 6.45) is 1.68. The van der Waals surface area contributed by atoms with Crippen LogP contribution >= 0.6 is 0 Å². The Morgan fingerprint density at radius 1 is 1.21 bits per heavy atom. The molecule has 24 heavy (non-hydrogen) atoms. The van der Waals surface area contributed by atoms with E-state index in [9.17, 15) is 18.0 Å². The average Bonchev–Trinajstić information content (AvgIpc) is 2.51. The zero-order valence-corrected chi connectivity index (χ0v) is 14.7. The summed E-state index contributed by atoms with van der Waals surface area (Å²) in [7, 11) is -3.25. The highest BCUT2D eigenvalue weighted by Crippen LogP contribution is 2.10. The van der Waals surface area contributed by atoms with Gasteiger partial charge in [0.25, 0.3) is 5.91 Å². The van der Waals surface area contributed by atoms with Gasteiger partial charge in [0.15, 0.2) is 15.3 Å². The maximum atomic E-state index is 12.3. The third kappa shape index (κ3) is 4.11. The molecule has 0 saturated carbocycles. The zero-order chi connectivity index (χ0) is 17.9. The van der Waals surface area contributed by atoms with Crippen LogP contribution in [0, 0.1) is 6.92 Å². The van der Waals surface area contributed by atoms with Crippen molar-refractivity contribution in [3.63, 3.8) is 0 Å². The number of hydrogen-bond donors (Lipinski definition) is 2. The summed E-state index contributed by atoms with van der Waals surface area (Å²) in [5.74, 6) is -0.444. The molecule has 0 aliphatic rings. The van der Waals surface area contributed by atoms with Crippen LogP contribution in [-0.4, -0.2) is 25.6 Å². The second-order valence-corrected chi connectivity index (χ2v) is 7.64. The lowest BCUT2D eigenvalue weighted by atomic mass is 10.1. The minimum Gasteiger partial charge on any atom is -0.362 e. The van der Waals surface area contributed by atoms with Crippen molar-refractivity contribution in [1.29, 1.82) is 0 Å². The highest BCUT2D eigenvalue weighted by atomic mass is 32.2. The van der Waals surface area contributed by atoms with Crippen LogP contribution in [-0.2, 0) is 22.8 Å². The predicted octanol–water partition coefficient (Wildman–Crippen LogP) is 1.58. The molecular weight excluding hydrogens is 328 g/mol. The number of benzene rings is 1. The normalized spacial score (nSPS) is 11.3. The molecule has 0 bridgehead atoms. The Balaban J connectivity index is 2.16. The van der Waals surface area contributed by atoms with Crippen molar-refractivity contribution >= 4 is 15.7 Å². The van der Waals surface area contributed by atoms with Crippen molar-refractivity contribution in [3.05, 3.63) is 63.1 Å². The molecule has 1 heterocycles. The van der Waals surface area contributed by atoms with E-state index in [0.717, 1.165) is 11.8 Å². The van der Waals surface area contributed by atoms with Crippen molar-refractivity contribution in [1.82, 2.24) is 10.3 Å². The number of carbonyl (C=O) groups excluding carboxylic acids is 1. The lowest BCUT2D eigenvalue weighted by Gasteiger charge is -2.10. The topological polar surface area (TPSA) is 96.1 Å².